The van der Waals surface area contributed by atoms with E-state index in [0.29, 0.717) is 31.9 Å². The summed E-state index contributed by atoms with van der Waals surface area (Å²) in [7, 11) is 1.50. The monoisotopic (exact) mass is 613 g/mol. The first-order valence-electron chi connectivity index (χ1n) is 14.6. The van der Waals surface area contributed by atoms with Crippen molar-refractivity contribution in [3.05, 3.63) is 59.6 Å². The Bertz CT molecular complexity index is 1500. The van der Waals surface area contributed by atoms with Crippen LogP contribution in [0.4, 0.5) is 34.8 Å². The first kappa shape index (κ1) is 31.3. The number of hydrogen-bond donors (Lipinski definition) is 1. The molecule has 3 aliphatic rings. The molecule has 1 atom stereocenters. The summed E-state index contributed by atoms with van der Waals surface area (Å²) in [5.41, 5.74) is -1.12. The molecule has 3 aliphatic heterocycles. The van der Waals surface area contributed by atoms with Gasteiger partial charge in [0.2, 0.25) is 11.8 Å². The van der Waals surface area contributed by atoms with Crippen molar-refractivity contribution in [2.45, 2.75) is 38.4 Å². The quantitative estimate of drug-likeness (QED) is 0.386. The number of fused-ring (bicyclic) bond motifs is 1. The highest BCUT2D eigenvalue weighted by atomic mass is 19.4. The van der Waals surface area contributed by atoms with Crippen molar-refractivity contribution in [1.82, 2.24) is 14.8 Å². The second-order valence-electron chi connectivity index (χ2n) is 11.9. The van der Waals surface area contributed by atoms with E-state index < -0.39 is 35.1 Å². The van der Waals surface area contributed by atoms with Crippen molar-refractivity contribution in [2.24, 2.45) is 5.41 Å². The Morgan fingerprint density at radius 2 is 2.00 bits per heavy atom. The van der Waals surface area contributed by atoms with Gasteiger partial charge in [0.15, 0.2) is 0 Å². The number of carbonyl (C=O) groups excluding carboxylic acids is 2. The lowest BCUT2D eigenvalue weighted by Gasteiger charge is -2.54. The number of nitriles is 1. The van der Waals surface area contributed by atoms with Crippen LogP contribution >= 0.6 is 0 Å². The normalized spacial score (nSPS) is 20.3. The number of anilines is 3. The Kier molecular flexibility index (Phi) is 8.57. The van der Waals surface area contributed by atoms with Crippen LogP contribution in [0.15, 0.2) is 36.9 Å². The number of likely N-dealkylation sites (N-methyl/N-ethyl adjacent to an activating group) is 1. The van der Waals surface area contributed by atoms with Gasteiger partial charge in [0.05, 0.1) is 16.9 Å². The third-order valence-corrected chi connectivity index (χ3v) is 8.80. The first-order valence-corrected chi connectivity index (χ1v) is 14.6. The number of rotatable bonds is 6. The van der Waals surface area contributed by atoms with Gasteiger partial charge in [-0.2, -0.15) is 18.4 Å². The average Bonchev–Trinajstić information content (AvgIpc) is 2.97. The number of aryl methyl sites for hydroxylation is 1. The molecule has 1 aromatic carbocycles. The maximum absolute atomic E-state index is 15.4. The number of amides is 2. The zero-order valence-corrected chi connectivity index (χ0v) is 24.8. The largest absolute Gasteiger partial charge is 0.417 e. The number of halogens is 4. The average molecular weight is 614 g/mol. The van der Waals surface area contributed by atoms with Gasteiger partial charge in [-0.1, -0.05) is 12.6 Å². The fourth-order valence-electron chi connectivity index (χ4n) is 6.67. The summed E-state index contributed by atoms with van der Waals surface area (Å²) in [5, 5.41) is 12.4. The molecule has 2 saturated heterocycles. The van der Waals surface area contributed by atoms with Crippen LogP contribution in [0.5, 0.6) is 0 Å². The van der Waals surface area contributed by atoms with Gasteiger partial charge in [0.25, 0.3) is 0 Å². The molecule has 44 heavy (non-hydrogen) atoms. The van der Waals surface area contributed by atoms with Crippen molar-refractivity contribution in [3.8, 4) is 6.07 Å². The van der Waals surface area contributed by atoms with E-state index in [4.69, 9.17) is 0 Å². The van der Waals surface area contributed by atoms with Gasteiger partial charge < -0.3 is 24.9 Å². The number of likely N-dealkylation sites (tertiary alicyclic amines) is 2. The van der Waals surface area contributed by atoms with Gasteiger partial charge in [-0.25, -0.2) is 9.37 Å². The third-order valence-electron chi connectivity index (χ3n) is 8.80. The summed E-state index contributed by atoms with van der Waals surface area (Å²) >= 11 is 0. The molecular formula is C31H35F4N7O2. The standard InChI is InChI=1S/C31H35F4N7O2/c1-4-26(43)42-18-30(19-42)10-6-11-40(17-30)13-14-41-12-9-24(29(44)39(3)25-8-5-7-23(32)27(25)41)38-28-21(16-36)22(31(33,34)35)15-20(2)37-28/h4-5,7-8,15,24H,1,6,9-14,17-19H2,2-3H3,(H,37,38)/t24-/m0/s1. The molecular weight excluding hydrogens is 578 g/mol. The van der Waals surface area contributed by atoms with E-state index >= 15 is 4.39 Å². The lowest BCUT2D eigenvalue weighted by atomic mass is 9.73. The molecule has 1 N–H and O–H groups in total. The van der Waals surface area contributed by atoms with E-state index in [1.165, 1.54) is 37.1 Å². The minimum Gasteiger partial charge on any atom is -0.366 e. The maximum atomic E-state index is 15.4. The minimum atomic E-state index is -4.78. The molecule has 4 heterocycles. The molecule has 2 aromatic rings. The number of carbonyl (C=O) groups is 2. The number of pyridine rings is 1. The molecule has 1 spiro atoms. The van der Waals surface area contributed by atoms with E-state index in [1.54, 1.807) is 17.0 Å². The summed E-state index contributed by atoms with van der Waals surface area (Å²) in [6.45, 7) is 9.29. The summed E-state index contributed by atoms with van der Waals surface area (Å²) in [6.07, 6.45) is -1.32. The molecule has 0 aliphatic carbocycles. The molecule has 0 unspecified atom stereocenters. The molecule has 2 fully saturated rings. The molecule has 1 aromatic heterocycles. The van der Waals surface area contributed by atoms with Crippen molar-refractivity contribution in [1.29, 1.82) is 5.26 Å². The lowest BCUT2D eigenvalue weighted by molar-refractivity contribution is -0.142. The number of aromatic nitrogens is 1. The van der Waals surface area contributed by atoms with Gasteiger partial charge >= 0.3 is 6.18 Å². The van der Waals surface area contributed by atoms with Crippen LogP contribution in [0, 0.1) is 29.5 Å². The maximum Gasteiger partial charge on any atom is 0.417 e. The number of benzene rings is 1. The zero-order chi connectivity index (χ0) is 31.8. The second-order valence-corrected chi connectivity index (χ2v) is 11.9. The van der Waals surface area contributed by atoms with Crippen LogP contribution in [0.25, 0.3) is 0 Å². The summed E-state index contributed by atoms with van der Waals surface area (Å²) in [4.78, 5) is 37.0. The number of piperidine rings is 1. The molecule has 2 amide bonds. The molecule has 9 nitrogen and oxygen atoms in total. The predicted molar refractivity (Wildman–Crippen MR) is 158 cm³/mol. The highest BCUT2D eigenvalue weighted by Crippen LogP contribution is 2.40. The Labute approximate surface area is 253 Å². The van der Waals surface area contributed by atoms with Gasteiger partial charge in [0.1, 0.15) is 29.3 Å². The van der Waals surface area contributed by atoms with E-state index in [1.807, 2.05) is 4.90 Å². The predicted octanol–water partition coefficient (Wildman–Crippen LogP) is 4.18. The highest BCUT2D eigenvalue weighted by molar-refractivity contribution is 6.01. The number of nitrogens with one attached hydrogen (secondary N) is 1. The van der Waals surface area contributed by atoms with Crippen molar-refractivity contribution < 1.29 is 27.2 Å². The molecule has 0 bridgehead atoms. The van der Waals surface area contributed by atoms with E-state index in [-0.39, 0.29) is 41.5 Å². The van der Waals surface area contributed by atoms with Crippen LogP contribution in [-0.4, -0.2) is 85.5 Å². The van der Waals surface area contributed by atoms with Crippen LogP contribution < -0.4 is 15.1 Å². The minimum absolute atomic E-state index is 0.0343. The van der Waals surface area contributed by atoms with Crippen LogP contribution in [-0.2, 0) is 15.8 Å². The van der Waals surface area contributed by atoms with E-state index in [9.17, 15) is 28.0 Å². The van der Waals surface area contributed by atoms with Crippen LogP contribution in [0.3, 0.4) is 0 Å². The summed E-state index contributed by atoms with van der Waals surface area (Å²) < 4.78 is 56.5. The van der Waals surface area contributed by atoms with Crippen LogP contribution in [0.2, 0.25) is 0 Å². The molecule has 0 radical (unpaired) electrons. The fraction of sp³-hybridized carbons (Fsp3) is 0.484. The highest BCUT2D eigenvalue weighted by Gasteiger charge is 2.47. The van der Waals surface area contributed by atoms with Gasteiger partial charge in [-0.3, -0.25) is 9.59 Å². The molecule has 5 rings (SSSR count). The van der Waals surface area contributed by atoms with Gasteiger partial charge in [-0.15, -0.1) is 0 Å². The van der Waals surface area contributed by atoms with Gasteiger partial charge in [-0.05, 0) is 57.0 Å². The van der Waals surface area contributed by atoms with Crippen molar-refractivity contribution in [3.63, 3.8) is 0 Å². The Hall–Kier alpha value is -4.18. The first-order chi connectivity index (χ1) is 20.9. The summed E-state index contributed by atoms with van der Waals surface area (Å²) in [5.74, 6) is -1.36. The smallest absolute Gasteiger partial charge is 0.366 e. The summed E-state index contributed by atoms with van der Waals surface area (Å²) in [6, 6.07) is 5.86. The lowest BCUT2D eigenvalue weighted by Crippen LogP contribution is -2.64. The molecule has 0 saturated carbocycles. The van der Waals surface area contributed by atoms with E-state index in [2.05, 4.69) is 21.8 Å². The number of para-hydroxylation sites is 1. The molecule has 13 heteroatoms. The SMILES string of the molecule is C=CC(=O)N1CC2(CCCN(CCN3CC[C@H](Nc4nc(C)cc(C(F)(F)F)c4C#N)C(=O)N(C)c4cccc(F)c43)C2)C1. The van der Waals surface area contributed by atoms with E-state index in [0.717, 1.165) is 32.0 Å². The van der Waals surface area contributed by atoms with Gasteiger partial charge in [0, 0.05) is 57.4 Å². The Balaban J connectivity index is 1.37. The fourth-order valence-corrected chi connectivity index (χ4v) is 6.67. The Morgan fingerprint density at radius 1 is 1.25 bits per heavy atom. The number of nitrogens with zero attached hydrogens (tertiary/aromatic N) is 6. The second kappa shape index (κ2) is 12.1. The number of hydrogen-bond acceptors (Lipinski definition) is 7. The van der Waals surface area contributed by atoms with Crippen molar-refractivity contribution in [2.75, 3.05) is 68.0 Å². The van der Waals surface area contributed by atoms with Crippen LogP contribution in [0.1, 0.15) is 36.1 Å². The third kappa shape index (κ3) is 6.08. The molecule has 234 valence electrons. The number of alkyl halides is 3. The Morgan fingerprint density at radius 3 is 2.68 bits per heavy atom. The topological polar surface area (TPSA) is 95.8 Å². The van der Waals surface area contributed by atoms with Crippen molar-refractivity contribution >= 4 is 29.0 Å². The zero-order valence-electron chi connectivity index (χ0n) is 24.8.